The fourth-order valence-corrected chi connectivity index (χ4v) is 2.37. The van der Waals surface area contributed by atoms with Crippen molar-refractivity contribution in [1.82, 2.24) is 20.8 Å². The summed E-state index contributed by atoms with van der Waals surface area (Å²) in [5.41, 5.74) is 1.11. The van der Waals surface area contributed by atoms with Gasteiger partial charge in [0.1, 0.15) is 11.5 Å². The average molecular weight is 274 g/mol. The second kappa shape index (κ2) is 5.50. The Kier molecular flexibility index (Phi) is 3.56. The van der Waals surface area contributed by atoms with E-state index in [1.165, 1.54) is 0 Å². The maximum atomic E-state index is 12.1. The van der Waals surface area contributed by atoms with Crippen LogP contribution in [0.1, 0.15) is 29.1 Å². The van der Waals surface area contributed by atoms with Crippen molar-refractivity contribution >= 4 is 5.91 Å². The van der Waals surface area contributed by atoms with Crippen LogP contribution in [0.3, 0.4) is 0 Å². The van der Waals surface area contributed by atoms with Crippen LogP contribution in [0.5, 0.6) is 0 Å². The average Bonchev–Trinajstić information content (AvgIpc) is 3.08. The largest absolute Gasteiger partial charge is 0.460 e. The standard InChI is InChI=1S/C14H18N4O2/c1-9-2-3-13(20-9)11-8-12(18-17-11)14(19)16-10-4-6-15-7-5-10/h2-3,8,10,15H,4-7H2,1H3,(H,16,19)(H,17,18). The summed E-state index contributed by atoms with van der Waals surface area (Å²) in [6.45, 7) is 3.77. The molecule has 0 bridgehead atoms. The molecule has 1 amide bonds. The van der Waals surface area contributed by atoms with Crippen molar-refractivity contribution in [1.29, 1.82) is 0 Å². The number of aryl methyl sites for hydroxylation is 1. The predicted molar refractivity (Wildman–Crippen MR) is 74.4 cm³/mol. The molecule has 0 radical (unpaired) electrons. The quantitative estimate of drug-likeness (QED) is 0.791. The van der Waals surface area contributed by atoms with Crippen molar-refractivity contribution in [2.45, 2.75) is 25.8 Å². The van der Waals surface area contributed by atoms with Gasteiger partial charge in [0.05, 0.1) is 0 Å². The zero-order valence-corrected chi connectivity index (χ0v) is 11.4. The molecule has 3 heterocycles. The maximum Gasteiger partial charge on any atom is 0.272 e. The van der Waals surface area contributed by atoms with Crippen molar-refractivity contribution in [3.05, 3.63) is 29.7 Å². The van der Waals surface area contributed by atoms with Crippen LogP contribution in [-0.4, -0.2) is 35.2 Å². The number of H-pyrrole nitrogens is 1. The number of furan rings is 1. The summed E-state index contributed by atoms with van der Waals surface area (Å²) >= 11 is 0. The van der Waals surface area contributed by atoms with Crippen LogP contribution in [0.2, 0.25) is 0 Å². The first-order valence-corrected chi connectivity index (χ1v) is 6.86. The summed E-state index contributed by atoms with van der Waals surface area (Å²) in [4.78, 5) is 12.1. The first-order valence-electron chi connectivity index (χ1n) is 6.86. The first-order chi connectivity index (χ1) is 9.72. The number of amides is 1. The molecular weight excluding hydrogens is 256 g/mol. The smallest absolute Gasteiger partial charge is 0.272 e. The van der Waals surface area contributed by atoms with Gasteiger partial charge in [0.25, 0.3) is 5.91 Å². The Morgan fingerprint density at radius 1 is 1.40 bits per heavy atom. The number of carbonyl (C=O) groups excluding carboxylic acids is 1. The molecule has 1 aliphatic rings. The molecule has 2 aromatic rings. The molecule has 6 heteroatoms. The molecular formula is C14H18N4O2. The minimum absolute atomic E-state index is 0.136. The maximum absolute atomic E-state index is 12.1. The fraction of sp³-hybridized carbons (Fsp3) is 0.429. The highest BCUT2D eigenvalue weighted by Gasteiger charge is 2.18. The zero-order chi connectivity index (χ0) is 13.9. The third-order valence-electron chi connectivity index (χ3n) is 3.49. The van der Waals surface area contributed by atoms with Gasteiger partial charge in [0.2, 0.25) is 0 Å². The molecule has 3 rings (SSSR count). The van der Waals surface area contributed by atoms with Gasteiger partial charge in [0.15, 0.2) is 11.5 Å². The number of rotatable bonds is 3. The third kappa shape index (κ3) is 2.75. The first kappa shape index (κ1) is 12.9. The van der Waals surface area contributed by atoms with Crippen LogP contribution in [0.25, 0.3) is 11.5 Å². The van der Waals surface area contributed by atoms with Crippen molar-refractivity contribution in [3.63, 3.8) is 0 Å². The lowest BCUT2D eigenvalue weighted by Gasteiger charge is -2.23. The van der Waals surface area contributed by atoms with E-state index in [1.54, 1.807) is 6.07 Å². The lowest BCUT2D eigenvalue weighted by Crippen LogP contribution is -2.42. The number of hydrogen-bond acceptors (Lipinski definition) is 4. The summed E-state index contributed by atoms with van der Waals surface area (Å²) in [6.07, 6.45) is 1.92. The van der Waals surface area contributed by atoms with Gasteiger partial charge in [-0.05, 0) is 45.0 Å². The number of nitrogens with zero attached hydrogens (tertiary/aromatic N) is 1. The highest BCUT2D eigenvalue weighted by molar-refractivity contribution is 5.93. The van der Waals surface area contributed by atoms with E-state index in [0.29, 0.717) is 17.1 Å². The molecule has 2 aromatic heterocycles. The number of aromatic amines is 1. The summed E-state index contributed by atoms with van der Waals surface area (Å²) in [7, 11) is 0. The van der Waals surface area contributed by atoms with Gasteiger partial charge in [-0.1, -0.05) is 0 Å². The van der Waals surface area contributed by atoms with E-state index < -0.39 is 0 Å². The predicted octanol–water partition coefficient (Wildman–Crippen LogP) is 1.46. The minimum Gasteiger partial charge on any atom is -0.460 e. The molecule has 1 fully saturated rings. The second-order valence-electron chi connectivity index (χ2n) is 5.07. The second-order valence-corrected chi connectivity index (χ2v) is 5.07. The van der Waals surface area contributed by atoms with Gasteiger partial charge in [-0.2, -0.15) is 5.10 Å². The normalized spacial score (nSPS) is 16.2. The molecule has 3 N–H and O–H groups in total. The Morgan fingerprint density at radius 3 is 2.90 bits per heavy atom. The molecule has 0 atom stereocenters. The Morgan fingerprint density at radius 2 is 2.20 bits per heavy atom. The molecule has 0 unspecified atom stereocenters. The number of hydrogen-bond donors (Lipinski definition) is 3. The van der Waals surface area contributed by atoms with E-state index in [0.717, 1.165) is 31.7 Å². The Bertz CT molecular complexity index is 596. The van der Waals surface area contributed by atoms with Crippen molar-refractivity contribution in [2.75, 3.05) is 13.1 Å². The van der Waals surface area contributed by atoms with E-state index in [-0.39, 0.29) is 11.9 Å². The van der Waals surface area contributed by atoms with Crippen LogP contribution in [-0.2, 0) is 0 Å². The minimum atomic E-state index is -0.136. The van der Waals surface area contributed by atoms with Gasteiger partial charge in [-0.3, -0.25) is 9.89 Å². The molecule has 0 aliphatic carbocycles. The van der Waals surface area contributed by atoms with Crippen LogP contribution in [0, 0.1) is 6.92 Å². The lowest BCUT2D eigenvalue weighted by atomic mass is 10.1. The molecule has 106 valence electrons. The summed E-state index contributed by atoms with van der Waals surface area (Å²) in [5, 5.41) is 13.2. The summed E-state index contributed by atoms with van der Waals surface area (Å²) < 4.78 is 5.50. The van der Waals surface area contributed by atoms with E-state index in [1.807, 2.05) is 19.1 Å². The van der Waals surface area contributed by atoms with Gasteiger partial charge in [-0.25, -0.2) is 0 Å². The van der Waals surface area contributed by atoms with Crippen LogP contribution < -0.4 is 10.6 Å². The van der Waals surface area contributed by atoms with Crippen molar-refractivity contribution < 1.29 is 9.21 Å². The highest BCUT2D eigenvalue weighted by atomic mass is 16.3. The van der Waals surface area contributed by atoms with Gasteiger partial charge >= 0.3 is 0 Å². The SMILES string of the molecule is Cc1ccc(-c2cc(C(=O)NC3CCNCC3)n[nH]2)o1. The van der Waals surface area contributed by atoms with Gasteiger partial charge in [-0.15, -0.1) is 0 Å². The van der Waals surface area contributed by atoms with Crippen LogP contribution >= 0.6 is 0 Å². The molecule has 20 heavy (non-hydrogen) atoms. The Balaban J connectivity index is 1.68. The number of piperidine rings is 1. The molecule has 0 spiro atoms. The zero-order valence-electron chi connectivity index (χ0n) is 11.4. The number of carbonyl (C=O) groups is 1. The van der Waals surface area contributed by atoms with Crippen molar-refractivity contribution in [3.8, 4) is 11.5 Å². The van der Waals surface area contributed by atoms with E-state index in [2.05, 4.69) is 20.8 Å². The Hall–Kier alpha value is -2.08. The molecule has 0 saturated carbocycles. The van der Waals surface area contributed by atoms with Crippen molar-refractivity contribution in [2.24, 2.45) is 0 Å². The summed E-state index contributed by atoms with van der Waals surface area (Å²) in [6, 6.07) is 5.69. The van der Waals surface area contributed by atoms with Gasteiger partial charge in [0, 0.05) is 12.1 Å². The summed E-state index contributed by atoms with van der Waals surface area (Å²) in [5.74, 6) is 1.38. The van der Waals surface area contributed by atoms with E-state index in [4.69, 9.17) is 4.42 Å². The molecule has 1 saturated heterocycles. The molecule has 0 aromatic carbocycles. The topological polar surface area (TPSA) is 83.0 Å². The number of nitrogens with one attached hydrogen (secondary N) is 3. The van der Waals surface area contributed by atoms with E-state index >= 15 is 0 Å². The monoisotopic (exact) mass is 274 g/mol. The van der Waals surface area contributed by atoms with Gasteiger partial charge < -0.3 is 15.1 Å². The fourth-order valence-electron chi connectivity index (χ4n) is 2.37. The molecule has 6 nitrogen and oxygen atoms in total. The highest BCUT2D eigenvalue weighted by Crippen LogP contribution is 2.20. The molecule has 1 aliphatic heterocycles. The van der Waals surface area contributed by atoms with Crippen LogP contribution in [0.4, 0.5) is 0 Å². The van der Waals surface area contributed by atoms with E-state index in [9.17, 15) is 4.79 Å². The lowest BCUT2D eigenvalue weighted by molar-refractivity contribution is 0.0924. The third-order valence-corrected chi connectivity index (χ3v) is 3.49. The number of aromatic nitrogens is 2. The van der Waals surface area contributed by atoms with Crippen LogP contribution in [0.15, 0.2) is 22.6 Å². The Labute approximate surface area is 116 Å².